The number of fused-ring (bicyclic) bond motifs is 1. The second kappa shape index (κ2) is 7.43. The summed E-state index contributed by atoms with van der Waals surface area (Å²) in [5.41, 5.74) is 0. The van der Waals surface area contributed by atoms with Gasteiger partial charge in [-0.3, -0.25) is 9.80 Å². The van der Waals surface area contributed by atoms with Crippen LogP contribution in [-0.2, 0) is 4.74 Å². The van der Waals surface area contributed by atoms with E-state index in [0.29, 0.717) is 6.04 Å². The number of hydrogen-bond acceptors (Lipinski definition) is 4. The van der Waals surface area contributed by atoms with Crippen molar-refractivity contribution in [3.05, 3.63) is 0 Å². The fourth-order valence-electron chi connectivity index (χ4n) is 3.31. The fraction of sp³-hybridized carbons (Fsp3) is 1.00. The van der Waals surface area contributed by atoms with Gasteiger partial charge in [0.25, 0.3) is 0 Å². The third-order valence-corrected chi connectivity index (χ3v) is 4.37. The molecule has 2 rings (SSSR count). The number of piperazine rings is 1. The third kappa shape index (κ3) is 3.67. The van der Waals surface area contributed by atoms with Crippen LogP contribution in [0.2, 0.25) is 0 Å². The van der Waals surface area contributed by atoms with Crippen molar-refractivity contribution >= 4 is 0 Å². The van der Waals surface area contributed by atoms with Crippen LogP contribution in [0, 0.1) is 0 Å². The molecule has 4 heteroatoms. The molecule has 2 heterocycles. The minimum Gasteiger partial charge on any atom is -0.383 e. The van der Waals surface area contributed by atoms with Gasteiger partial charge in [0.1, 0.15) is 0 Å². The molecule has 0 aliphatic carbocycles. The molecular formula is C14H29N3O. The third-order valence-electron chi connectivity index (χ3n) is 4.37. The van der Waals surface area contributed by atoms with E-state index in [1.807, 2.05) is 7.11 Å². The maximum Gasteiger partial charge on any atom is 0.0630 e. The maximum absolute atomic E-state index is 5.40. The molecule has 2 atom stereocenters. The summed E-state index contributed by atoms with van der Waals surface area (Å²) in [5, 5.41) is 3.47. The van der Waals surface area contributed by atoms with Gasteiger partial charge in [0, 0.05) is 45.4 Å². The summed E-state index contributed by atoms with van der Waals surface area (Å²) in [6.07, 6.45) is 4.20. The van der Waals surface area contributed by atoms with Gasteiger partial charge in [0.2, 0.25) is 0 Å². The lowest BCUT2D eigenvalue weighted by Crippen LogP contribution is -2.59. The van der Waals surface area contributed by atoms with Crippen LogP contribution >= 0.6 is 0 Å². The minimum absolute atomic E-state index is 0.541. The van der Waals surface area contributed by atoms with E-state index in [1.165, 1.54) is 45.4 Å². The molecule has 1 N–H and O–H groups in total. The normalized spacial score (nSPS) is 28.0. The molecule has 2 unspecified atom stereocenters. The summed E-state index contributed by atoms with van der Waals surface area (Å²) in [4.78, 5) is 5.33. The highest BCUT2D eigenvalue weighted by molar-refractivity contribution is 4.88. The Balaban J connectivity index is 1.86. The topological polar surface area (TPSA) is 27.7 Å². The molecule has 0 amide bonds. The first kappa shape index (κ1) is 14.3. The molecule has 0 aromatic carbocycles. The van der Waals surface area contributed by atoms with Crippen molar-refractivity contribution in [2.75, 3.05) is 53.0 Å². The summed E-state index contributed by atoms with van der Waals surface area (Å²) >= 11 is 0. The van der Waals surface area contributed by atoms with E-state index < -0.39 is 0 Å². The summed E-state index contributed by atoms with van der Waals surface area (Å²) < 4.78 is 5.40. The van der Waals surface area contributed by atoms with Crippen LogP contribution < -0.4 is 5.32 Å². The van der Waals surface area contributed by atoms with E-state index in [9.17, 15) is 0 Å². The van der Waals surface area contributed by atoms with E-state index in [-0.39, 0.29) is 0 Å². The molecule has 2 aliphatic rings. The first-order chi connectivity index (χ1) is 8.85. The van der Waals surface area contributed by atoms with Crippen molar-refractivity contribution < 1.29 is 4.74 Å². The van der Waals surface area contributed by atoms with E-state index in [2.05, 4.69) is 22.0 Å². The molecule has 2 saturated heterocycles. The van der Waals surface area contributed by atoms with Crippen LogP contribution in [-0.4, -0.2) is 74.9 Å². The maximum atomic E-state index is 5.40. The molecule has 2 aliphatic heterocycles. The zero-order valence-corrected chi connectivity index (χ0v) is 12.0. The summed E-state index contributed by atoms with van der Waals surface area (Å²) in [6.45, 7) is 10.1. The van der Waals surface area contributed by atoms with Crippen LogP contribution in [0.5, 0.6) is 0 Å². The number of methoxy groups -OCH3 is 1. The fourth-order valence-corrected chi connectivity index (χ4v) is 3.31. The molecule has 2 fully saturated rings. The molecule has 0 aromatic rings. The van der Waals surface area contributed by atoms with Gasteiger partial charge in [0.15, 0.2) is 0 Å². The van der Waals surface area contributed by atoms with Crippen molar-refractivity contribution in [3.63, 3.8) is 0 Å². The first-order valence-corrected chi connectivity index (χ1v) is 7.53. The molecule has 18 heavy (non-hydrogen) atoms. The second-order valence-corrected chi connectivity index (χ2v) is 5.60. The SMILES string of the molecule is CCNCC(COC)N1CCN2CCCCC2C1. The van der Waals surface area contributed by atoms with Crippen molar-refractivity contribution in [1.29, 1.82) is 0 Å². The van der Waals surface area contributed by atoms with Gasteiger partial charge in [-0.2, -0.15) is 0 Å². The summed E-state index contributed by atoms with van der Waals surface area (Å²) in [6, 6.07) is 1.34. The monoisotopic (exact) mass is 255 g/mol. The smallest absolute Gasteiger partial charge is 0.0630 e. The Bertz CT molecular complexity index is 237. The van der Waals surface area contributed by atoms with Crippen molar-refractivity contribution in [3.8, 4) is 0 Å². The van der Waals surface area contributed by atoms with Gasteiger partial charge in [-0.15, -0.1) is 0 Å². The average molecular weight is 255 g/mol. The Morgan fingerprint density at radius 3 is 2.94 bits per heavy atom. The van der Waals surface area contributed by atoms with Gasteiger partial charge in [-0.05, 0) is 25.9 Å². The minimum atomic E-state index is 0.541. The zero-order chi connectivity index (χ0) is 12.8. The predicted molar refractivity (Wildman–Crippen MR) is 75.0 cm³/mol. The number of nitrogens with one attached hydrogen (secondary N) is 1. The van der Waals surface area contributed by atoms with Crippen LogP contribution in [0.15, 0.2) is 0 Å². The average Bonchev–Trinajstić information content (AvgIpc) is 2.43. The van der Waals surface area contributed by atoms with Gasteiger partial charge in [-0.1, -0.05) is 13.3 Å². The molecule has 0 saturated carbocycles. The molecule has 0 radical (unpaired) electrons. The summed E-state index contributed by atoms with van der Waals surface area (Å²) in [7, 11) is 1.82. The Morgan fingerprint density at radius 2 is 2.17 bits per heavy atom. The molecule has 106 valence electrons. The quantitative estimate of drug-likeness (QED) is 0.759. The second-order valence-electron chi connectivity index (χ2n) is 5.60. The van der Waals surface area contributed by atoms with Crippen LogP contribution in [0.4, 0.5) is 0 Å². The molecule has 4 nitrogen and oxygen atoms in total. The Morgan fingerprint density at radius 1 is 1.28 bits per heavy atom. The highest BCUT2D eigenvalue weighted by atomic mass is 16.5. The van der Waals surface area contributed by atoms with Crippen molar-refractivity contribution in [2.45, 2.75) is 38.3 Å². The highest BCUT2D eigenvalue weighted by Gasteiger charge is 2.31. The van der Waals surface area contributed by atoms with Crippen LogP contribution in [0.1, 0.15) is 26.2 Å². The Kier molecular flexibility index (Phi) is 5.89. The van der Waals surface area contributed by atoms with E-state index in [4.69, 9.17) is 4.74 Å². The number of likely N-dealkylation sites (N-methyl/N-ethyl adjacent to an activating group) is 1. The Hall–Kier alpha value is -0.160. The molecule has 0 aromatic heterocycles. The van der Waals surface area contributed by atoms with Crippen molar-refractivity contribution in [2.24, 2.45) is 0 Å². The number of piperidine rings is 1. The molecule has 0 bridgehead atoms. The van der Waals surface area contributed by atoms with Gasteiger partial charge >= 0.3 is 0 Å². The number of nitrogens with zero attached hydrogens (tertiary/aromatic N) is 2. The number of hydrogen-bond donors (Lipinski definition) is 1. The molecular weight excluding hydrogens is 226 g/mol. The summed E-state index contributed by atoms with van der Waals surface area (Å²) in [5.74, 6) is 0. The number of ether oxygens (including phenoxy) is 1. The first-order valence-electron chi connectivity index (χ1n) is 7.53. The largest absolute Gasteiger partial charge is 0.383 e. The molecule has 0 spiro atoms. The van der Waals surface area contributed by atoms with E-state index in [1.54, 1.807) is 0 Å². The lowest BCUT2D eigenvalue weighted by atomic mass is 9.98. The van der Waals surface area contributed by atoms with Crippen molar-refractivity contribution in [1.82, 2.24) is 15.1 Å². The van der Waals surface area contributed by atoms with Gasteiger partial charge in [-0.25, -0.2) is 0 Å². The lowest BCUT2D eigenvalue weighted by molar-refractivity contribution is 0.00580. The standard InChI is InChI=1S/C14H29N3O/c1-3-15-10-14(12-18-2)17-9-8-16-7-5-4-6-13(16)11-17/h13-15H,3-12H2,1-2H3. The van der Waals surface area contributed by atoms with Gasteiger partial charge < -0.3 is 10.1 Å². The van der Waals surface area contributed by atoms with E-state index in [0.717, 1.165) is 25.7 Å². The van der Waals surface area contributed by atoms with Gasteiger partial charge in [0.05, 0.1) is 6.61 Å². The van der Waals surface area contributed by atoms with Crippen LogP contribution in [0.3, 0.4) is 0 Å². The Labute approximate surface area is 112 Å². The highest BCUT2D eigenvalue weighted by Crippen LogP contribution is 2.22. The van der Waals surface area contributed by atoms with Crippen LogP contribution in [0.25, 0.3) is 0 Å². The number of rotatable bonds is 6. The van der Waals surface area contributed by atoms with E-state index >= 15 is 0 Å². The zero-order valence-electron chi connectivity index (χ0n) is 12.0. The predicted octanol–water partition coefficient (Wildman–Crippen LogP) is 0.781. The lowest BCUT2D eigenvalue weighted by Gasteiger charge is -2.46.